The van der Waals surface area contributed by atoms with Gasteiger partial charge in [0.25, 0.3) is 0 Å². The second kappa shape index (κ2) is 16.4. The van der Waals surface area contributed by atoms with E-state index in [0.717, 1.165) is 0 Å². The molecule has 2 atom stereocenters. The first-order valence-electron chi connectivity index (χ1n) is 12.8. The number of hydrogen-bond acceptors (Lipinski definition) is 8. The van der Waals surface area contributed by atoms with E-state index in [0.29, 0.717) is 35.9 Å². The molecule has 0 aliphatic heterocycles. The summed E-state index contributed by atoms with van der Waals surface area (Å²) in [4.78, 5) is 24.2. The van der Waals surface area contributed by atoms with E-state index < -0.39 is 24.1 Å². The van der Waals surface area contributed by atoms with Crippen LogP contribution in [0.15, 0.2) is 85.0 Å². The SMILES string of the molecule is C=C(C)C(=O)OC(COCC(C)(C)COCC(COc1ccccc1)OC(=O)C(=C)C)COc1ccccc1. The maximum atomic E-state index is 12.1. The number of esters is 2. The van der Waals surface area contributed by atoms with E-state index in [9.17, 15) is 9.59 Å². The topological polar surface area (TPSA) is 89.5 Å². The normalized spacial score (nSPS) is 12.6. The number of carbonyl (C=O) groups excluding carboxylic acids is 2. The largest absolute Gasteiger partial charge is 0.490 e. The molecular formula is C31H40O8. The monoisotopic (exact) mass is 540 g/mol. The van der Waals surface area contributed by atoms with Gasteiger partial charge in [0.1, 0.15) is 24.7 Å². The van der Waals surface area contributed by atoms with Gasteiger partial charge in [-0.1, -0.05) is 63.4 Å². The lowest BCUT2D eigenvalue weighted by Crippen LogP contribution is -2.35. The van der Waals surface area contributed by atoms with Crippen LogP contribution >= 0.6 is 0 Å². The van der Waals surface area contributed by atoms with Gasteiger partial charge < -0.3 is 28.4 Å². The predicted molar refractivity (Wildman–Crippen MR) is 149 cm³/mol. The fourth-order valence-corrected chi connectivity index (χ4v) is 3.12. The number of rotatable bonds is 18. The van der Waals surface area contributed by atoms with Gasteiger partial charge in [-0.15, -0.1) is 0 Å². The van der Waals surface area contributed by atoms with Gasteiger partial charge in [0, 0.05) is 16.6 Å². The quantitative estimate of drug-likeness (QED) is 0.189. The minimum atomic E-state index is -0.618. The molecule has 0 saturated heterocycles. The van der Waals surface area contributed by atoms with Gasteiger partial charge in [-0.2, -0.15) is 0 Å². The molecule has 2 rings (SSSR count). The third-order valence-corrected chi connectivity index (χ3v) is 5.20. The lowest BCUT2D eigenvalue weighted by Gasteiger charge is -2.27. The molecule has 2 aromatic rings. The number of ether oxygens (including phenoxy) is 6. The molecule has 0 spiro atoms. The highest BCUT2D eigenvalue weighted by molar-refractivity contribution is 5.87. The van der Waals surface area contributed by atoms with E-state index in [4.69, 9.17) is 28.4 Å². The van der Waals surface area contributed by atoms with E-state index in [1.54, 1.807) is 13.8 Å². The van der Waals surface area contributed by atoms with Gasteiger partial charge in [0.05, 0.1) is 26.4 Å². The molecule has 0 amide bonds. The summed E-state index contributed by atoms with van der Waals surface area (Å²) < 4.78 is 34.3. The van der Waals surface area contributed by atoms with Crippen molar-refractivity contribution < 1.29 is 38.0 Å². The molecule has 0 aliphatic rings. The van der Waals surface area contributed by atoms with Crippen molar-refractivity contribution in [2.75, 3.05) is 39.6 Å². The van der Waals surface area contributed by atoms with Gasteiger partial charge in [0.15, 0.2) is 12.2 Å². The van der Waals surface area contributed by atoms with Crippen molar-refractivity contribution in [3.8, 4) is 11.5 Å². The molecule has 0 bridgehead atoms. The summed E-state index contributed by atoms with van der Waals surface area (Å²) in [6.45, 7) is 15.6. The molecule has 39 heavy (non-hydrogen) atoms. The van der Waals surface area contributed by atoms with Crippen LogP contribution in [0.3, 0.4) is 0 Å². The Hall–Kier alpha value is -3.62. The van der Waals surface area contributed by atoms with E-state index in [2.05, 4.69) is 13.2 Å². The summed E-state index contributed by atoms with van der Waals surface area (Å²) in [7, 11) is 0. The van der Waals surface area contributed by atoms with Crippen molar-refractivity contribution in [3.05, 3.63) is 85.0 Å². The Bertz CT molecular complexity index is 965. The lowest BCUT2D eigenvalue weighted by molar-refractivity contribution is -0.151. The highest BCUT2D eigenvalue weighted by atomic mass is 16.6. The molecule has 2 unspecified atom stereocenters. The Morgan fingerprint density at radius 3 is 1.36 bits per heavy atom. The first-order valence-corrected chi connectivity index (χ1v) is 12.8. The third kappa shape index (κ3) is 13.1. The van der Waals surface area contributed by atoms with Crippen LogP contribution in [0.5, 0.6) is 11.5 Å². The summed E-state index contributed by atoms with van der Waals surface area (Å²) in [5.74, 6) is 0.327. The summed E-state index contributed by atoms with van der Waals surface area (Å²) in [6, 6.07) is 18.5. The van der Waals surface area contributed by atoms with Gasteiger partial charge in [-0.05, 0) is 38.1 Å². The fourth-order valence-electron chi connectivity index (χ4n) is 3.12. The van der Waals surface area contributed by atoms with Gasteiger partial charge in [0.2, 0.25) is 0 Å². The average molecular weight is 541 g/mol. The molecule has 8 heteroatoms. The molecule has 0 aromatic heterocycles. The van der Waals surface area contributed by atoms with Gasteiger partial charge in [-0.3, -0.25) is 0 Å². The zero-order valence-corrected chi connectivity index (χ0v) is 23.4. The number of hydrogen-bond donors (Lipinski definition) is 0. The van der Waals surface area contributed by atoms with Crippen molar-refractivity contribution in [1.82, 2.24) is 0 Å². The predicted octanol–water partition coefficient (Wildman–Crippen LogP) is 5.18. The van der Waals surface area contributed by atoms with Crippen LogP contribution in [0, 0.1) is 5.41 Å². The maximum Gasteiger partial charge on any atom is 0.333 e. The Balaban J connectivity index is 1.84. The third-order valence-electron chi connectivity index (χ3n) is 5.20. The van der Waals surface area contributed by atoms with Crippen molar-refractivity contribution >= 4 is 11.9 Å². The second-order valence-electron chi connectivity index (χ2n) is 10.1. The average Bonchev–Trinajstić information content (AvgIpc) is 2.90. The van der Waals surface area contributed by atoms with E-state index in [1.807, 2.05) is 74.5 Å². The van der Waals surface area contributed by atoms with Crippen molar-refractivity contribution in [1.29, 1.82) is 0 Å². The van der Waals surface area contributed by atoms with Crippen molar-refractivity contribution in [3.63, 3.8) is 0 Å². The molecule has 0 aliphatic carbocycles. The Kier molecular flexibility index (Phi) is 13.3. The van der Waals surface area contributed by atoms with Crippen molar-refractivity contribution in [2.24, 2.45) is 5.41 Å². The van der Waals surface area contributed by atoms with Crippen LogP contribution in [-0.4, -0.2) is 63.8 Å². The van der Waals surface area contributed by atoms with Gasteiger partial charge >= 0.3 is 11.9 Å². The first-order chi connectivity index (χ1) is 18.6. The minimum Gasteiger partial charge on any atom is -0.490 e. The molecule has 0 saturated carbocycles. The van der Waals surface area contributed by atoms with Crippen molar-refractivity contribution in [2.45, 2.75) is 39.9 Å². The molecule has 2 aromatic carbocycles. The fraction of sp³-hybridized carbons (Fsp3) is 0.419. The number of benzene rings is 2. The summed E-state index contributed by atoms with van der Waals surface area (Å²) in [6.07, 6.45) is -1.24. The van der Waals surface area contributed by atoms with E-state index >= 15 is 0 Å². The van der Waals surface area contributed by atoms with Crippen LogP contribution in [0.2, 0.25) is 0 Å². The Morgan fingerprint density at radius 1 is 0.667 bits per heavy atom. The van der Waals surface area contributed by atoms with Gasteiger partial charge in [-0.25, -0.2) is 9.59 Å². The maximum absolute atomic E-state index is 12.1. The Labute approximate surface area is 231 Å². The summed E-state index contributed by atoms with van der Waals surface area (Å²) in [5.41, 5.74) is 0.213. The zero-order valence-electron chi connectivity index (χ0n) is 23.4. The van der Waals surface area contributed by atoms with Crippen LogP contribution in [-0.2, 0) is 28.5 Å². The molecule has 8 nitrogen and oxygen atoms in total. The summed E-state index contributed by atoms with van der Waals surface area (Å²) in [5, 5.41) is 0. The highest BCUT2D eigenvalue weighted by Crippen LogP contribution is 2.18. The number of para-hydroxylation sites is 2. The molecular weight excluding hydrogens is 500 g/mol. The molecule has 0 fully saturated rings. The lowest BCUT2D eigenvalue weighted by atomic mass is 9.96. The van der Waals surface area contributed by atoms with Crippen LogP contribution in [0.25, 0.3) is 0 Å². The van der Waals surface area contributed by atoms with Crippen LogP contribution in [0.4, 0.5) is 0 Å². The molecule has 0 heterocycles. The second-order valence-corrected chi connectivity index (χ2v) is 10.1. The molecule has 0 radical (unpaired) electrons. The van der Waals surface area contributed by atoms with E-state index in [1.165, 1.54) is 0 Å². The van der Waals surface area contributed by atoms with Crippen LogP contribution in [0.1, 0.15) is 27.7 Å². The highest BCUT2D eigenvalue weighted by Gasteiger charge is 2.24. The first kappa shape index (κ1) is 31.6. The zero-order chi connectivity index (χ0) is 28.7. The molecule has 0 N–H and O–H groups in total. The smallest absolute Gasteiger partial charge is 0.333 e. The number of carbonyl (C=O) groups is 2. The Morgan fingerprint density at radius 2 is 1.03 bits per heavy atom. The molecule has 212 valence electrons. The van der Waals surface area contributed by atoms with Crippen LogP contribution < -0.4 is 9.47 Å². The standard InChI is InChI=1S/C31H40O8/c1-23(2)29(32)38-27(19-36-25-13-9-7-10-14-25)17-34-21-31(5,6)22-35-18-28(39-30(33)24(3)4)20-37-26-15-11-8-12-16-26/h7-16,27-28H,1,3,17-22H2,2,4-6H3. The minimum absolute atomic E-state index is 0.136. The summed E-state index contributed by atoms with van der Waals surface area (Å²) >= 11 is 0. The van der Waals surface area contributed by atoms with E-state index in [-0.39, 0.29) is 31.8 Å².